The molecule has 31 heavy (non-hydrogen) atoms. The van der Waals surface area contributed by atoms with Crippen molar-refractivity contribution in [2.24, 2.45) is 4.99 Å². The third kappa shape index (κ3) is 3.96. The first-order chi connectivity index (χ1) is 15.3. The Hall–Kier alpha value is -4.18. The molecule has 0 aliphatic carbocycles. The van der Waals surface area contributed by atoms with Crippen molar-refractivity contribution in [3.05, 3.63) is 119 Å². The Morgan fingerprint density at radius 3 is 2.45 bits per heavy atom. The van der Waals surface area contributed by atoms with Gasteiger partial charge in [0.1, 0.15) is 12.4 Å². The Kier molecular flexibility index (Phi) is 5.03. The smallest absolute Gasteiger partial charge is 0.363 e. The lowest BCUT2D eigenvalue weighted by molar-refractivity contribution is -0.129. The third-order valence-electron chi connectivity index (χ3n) is 5.09. The van der Waals surface area contributed by atoms with E-state index in [9.17, 15) is 4.79 Å². The highest BCUT2D eigenvalue weighted by Gasteiger charge is 2.25. The quantitative estimate of drug-likeness (QED) is 0.313. The summed E-state index contributed by atoms with van der Waals surface area (Å²) in [6, 6.07) is 31.3. The van der Waals surface area contributed by atoms with E-state index < -0.39 is 5.97 Å². The number of aliphatic imine (C=N–C) groups is 1. The summed E-state index contributed by atoms with van der Waals surface area (Å²) in [7, 11) is 0. The minimum Gasteiger partial charge on any atom is -0.488 e. The fourth-order valence-electron chi connectivity index (χ4n) is 3.55. The van der Waals surface area contributed by atoms with Gasteiger partial charge in [-0.15, -0.1) is 0 Å². The molecule has 0 N–H and O–H groups in total. The molecule has 0 spiro atoms. The SMILES string of the molecule is O=C1OC(c2cccc3ccccc23)=N/C1=C/c1ccccc1OCc1ccccc1. The Morgan fingerprint density at radius 2 is 1.55 bits per heavy atom. The van der Waals surface area contributed by atoms with Crippen molar-refractivity contribution in [3.8, 4) is 5.75 Å². The second-order valence-corrected chi connectivity index (χ2v) is 7.17. The number of carbonyl (C=O) groups excluding carboxylic acids is 1. The molecular weight excluding hydrogens is 386 g/mol. The Morgan fingerprint density at radius 1 is 0.806 bits per heavy atom. The molecule has 1 aliphatic heterocycles. The van der Waals surface area contributed by atoms with Crippen LogP contribution >= 0.6 is 0 Å². The van der Waals surface area contributed by atoms with Crippen LogP contribution in [0, 0.1) is 0 Å². The van der Waals surface area contributed by atoms with E-state index in [2.05, 4.69) is 4.99 Å². The van der Waals surface area contributed by atoms with Crippen molar-refractivity contribution in [2.45, 2.75) is 6.61 Å². The molecule has 0 aromatic heterocycles. The maximum Gasteiger partial charge on any atom is 0.363 e. The minimum atomic E-state index is -0.471. The predicted octanol–water partition coefficient (Wildman–Crippen LogP) is 5.76. The lowest BCUT2D eigenvalue weighted by Crippen LogP contribution is -2.06. The van der Waals surface area contributed by atoms with Gasteiger partial charge in [0, 0.05) is 11.1 Å². The van der Waals surface area contributed by atoms with E-state index in [0.29, 0.717) is 18.3 Å². The molecule has 4 aromatic carbocycles. The normalized spacial score (nSPS) is 14.5. The van der Waals surface area contributed by atoms with Gasteiger partial charge in [0.15, 0.2) is 5.70 Å². The number of carbonyl (C=O) groups is 1. The average Bonchev–Trinajstić information content (AvgIpc) is 3.18. The molecule has 4 aromatic rings. The number of fused-ring (bicyclic) bond motifs is 1. The first kappa shape index (κ1) is 18.8. The monoisotopic (exact) mass is 405 g/mol. The van der Waals surface area contributed by atoms with E-state index >= 15 is 0 Å². The van der Waals surface area contributed by atoms with Gasteiger partial charge in [0.2, 0.25) is 5.90 Å². The summed E-state index contributed by atoms with van der Waals surface area (Å²) in [4.78, 5) is 17.0. The molecule has 1 aliphatic rings. The standard InChI is InChI=1S/C27H19NO3/c29-27-24(28-26(31-27)23-15-8-13-20-11-4-6-14-22(20)23)17-21-12-5-7-16-25(21)30-18-19-9-2-1-3-10-19/h1-17H,18H2/b24-17+. The molecule has 0 amide bonds. The van der Waals surface area contributed by atoms with Gasteiger partial charge in [-0.1, -0.05) is 84.9 Å². The van der Waals surface area contributed by atoms with Crippen molar-refractivity contribution in [3.63, 3.8) is 0 Å². The van der Waals surface area contributed by atoms with E-state index in [0.717, 1.165) is 27.5 Å². The van der Waals surface area contributed by atoms with Gasteiger partial charge in [-0.2, -0.15) is 0 Å². The summed E-state index contributed by atoms with van der Waals surface area (Å²) in [5.74, 6) is 0.525. The molecule has 1 heterocycles. The van der Waals surface area contributed by atoms with Crippen LogP contribution in [0.15, 0.2) is 108 Å². The number of hydrogen-bond donors (Lipinski definition) is 0. The number of esters is 1. The molecule has 0 atom stereocenters. The molecular formula is C27H19NO3. The van der Waals surface area contributed by atoms with E-state index in [-0.39, 0.29) is 5.70 Å². The summed E-state index contributed by atoms with van der Waals surface area (Å²) in [6.45, 7) is 0.440. The van der Waals surface area contributed by atoms with Gasteiger partial charge >= 0.3 is 5.97 Å². The molecule has 4 heteroatoms. The lowest BCUT2D eigenvalue weighted by atomic mass is 10.0. The largest absolute Gasteiger partial charge is 0.488 e. The van der Waals surface area contributed by atoms with Crippen molar-refractivity contribution in [1.29, 1.82) is 0 Å². The summed E-state index contributed by atoms with van der Waals surface area (Å²) in [5, 5.41) is 2.06. The highest BCUT2D eigenvalue weighted by atomic mass is 16.6. The molecule has 4 nitrogen and oxygen atoms in total. The zero-order valence-corrected chi connectivity index (χ0v) is 16.7. The molecule has 0 bridgehead atoms. The van der Waals surface area contributed by atoms with Crippen LogP contribution < -0.4 is 4.74 Å². The molecule has 0 saturated heterocycles. The first-order valence-electron chi connectivity index (χ1n) is 10.0. The van der Waals surface area contributed by atoms with E-state index in [4.69, 9.17) is 9.47 Å². The maximum absolute atomic E-state index is 12.5. The van der Waals surface area contributed by atoms with Crippen molar-refractivity contribution >= 4 is 28.7 Å². The first-order valence-corrected chi connectivity index (χ1v) is 10.0. The third-order valence-corrected chi connectivity index (χ3v) is 5.09. The van der Waals surface area contributed by atoms with Crippen LogP contribution in [0.3, 0.4) is 0 Å². The average molecular weight is 405 g/mol. The maximum atomic E-state index is 12.5. The highest BCUT2D eigenvalue weighted by molar-refractivity contribution is 6.17. The zero-order chi connectivity index (χ0) is 21.0. The van der Waals surface area contributed by atoms with E-state index in [1.807, 2.05) is 97.1 Å². The van der Waals surface area contributed by atoms with Crippen LogP contribution in [-0.4, -0.2) is 11.9 Å². The zero-order valence-electron chi connectivity index (χ0n) is 16.7. The number of nitrogens with zero attached hydrogens (tertiary/aromatic N) is 1. The highest BCUT2D eigenvalue weighted by Crippen LogP contribution is 2.27. The van der Waals surface area contributed by atoms with Gasteiger partial charge in [-0.05, 0) is 34.5 Å². The molecule has 150 valence electrons. The Bertz CT molecular complexity index is 1320. The Balaban J connectivity index is 1.46. The molecule has 0 saturated carbocycles. The fraction of sp³-hybridized carbons (Fsp3) is 0.0370. The van der Waals surface area contributed by atoms with Crippen LogP contribution in [0.4, 0.5) is 0 Å². The number of rotatable bonds is 5. The van der Waals surface area contributed by atoms with Gasteiger partial charge in [-0.25, -0.2) is 9.79 Å². The van der Waals surface area contributed by atoms with Gasteiger partial charge < -0.3 is 9.47 Å². The molecule has 0 unspecified atom stereocenters. The van der Waals surface area contributed by atoms with E-state index in [1.54, 1.807) is 6.08 Å². The van der Waals surface area contributed by atoms with Crippen LogP contribution in [0.2, 0.25) is 0 Å². The second kappa shape index (κ2) is 8.28. The minimum absolute atomic E-state index is 0.249. The van der Waals surface area contributed by atoms with Crippen LogP contribution in [0.25, 0.3) is 16.8 Å². The number of hydrogen-bond acceptors (Lipinski definition) is 4. The van der Waals surface area contributed by atoms with Gasteiger partial charge in [-0.3, -0.25) is 0 Å². The molecule has 0 fully saturated rings. The fourth-order valence-corrected chi connectivity index (χ4v) is 3.55. The Labute approximate surface area is 180 Å². The van der Waals surface area contributed by atoms with Crippen LogP contribution in [0.1, 0.15) is 16.7 Å². The number of cyclic esters (lactones) is 1. The van der Waals surface area contributed by atoms with E-state index in [1.165, 1.54) is 0 Å². The number of ether oxygens (including phenoxy) is 2. The molecule has 5 rings (SSSR count). The number of benzene rings is 4. The van der Waals surface area contributed by atoms with Crippen molar-refractivity contribution < 1.29 is 14.3 Å². The van der Waals surface area contributed by atoms with Gasteiger partial charge in [0.05, 0.1) is 0 Å². The predicted molar refractivity (Wildman–Crippen MR) is 122 cm³/mol. The topological polar surface area (TPSA) is 47.9 Å². The van der Waals surface area contributed by atoms with Gasteiger partial charge in [0.25, 0.3) is 0 Å². The summed E-state index contributed by atoms with van der Waals surface area (Å²) in [5.41, 5.74) is 2.89. The summed E-state index contributed by atoms with van der Waals surface area (Å²) >= 11 is 0. The molecule has 0 radical (unpaired) electrons. The van der Waals surface area contributed by atoms with Crippen LogP contribution in [-0.2, 0) is 16.1 Å². The summed E-state index contributed by atoms with van der Waals surface area (Å²) < 4.78 is 11.5. The number of para-hydroxylation sites is 1. The van der Waals surface area contributed by atoms with Crippen molar-refractivity contribution in [1.82, 2.24) is 0 Å². The van der Waals surface area contributed by atoms with Crippen molar-refractivity contribution in [2.75, 3.05) is 0 Å². The summed E-state index contributed by atoms with van der Waals surface area (Å²) in [6.07, 6.45) is 1.71. The second-order valence-electron chi connectivity index (χ2n) is 7.17. The lowest BCUT2D eigenvalue weighted by Gasteiger charge is -2.09. The van der Waals surface area contributed by atoms with Crippen LogP contribution in [0.5, 0.6) is 5.75 Å².